The molecular weight excluding hydrogens is 543 g/mol. The van der Waals surface area contributed by atoms with Crippen LogP contribution in [0.2, 0.25) is 5.02 Å². The Balaban J connectivity index is 2.22. The van der Waals surface area contributed by atoms with Crippen molar-refractivity contribution in [1.29, 1.82) is 0 Å². The number of rotatable bonds is 12. The quantitative estimate of drug-likeness (QED) is 0.375. The third-order valence-corrected chi connectivity index (χ3v) is 7.45. The Kier molecular flexibility index (Phi) is 11.0. The van der Waals surface area contributed by atoms with Gasteiger partial charge in [-0.3, -0.25) is 13.9 Å². The molecule has 2 atom stereocenters. The van der Waals surface area contributed by atoms with E-state index in [9.17, 15) is 31.2 Å². The SMILES string of the molecule is CC[C@@H](C)NC(=O)[C@@H](C)N(Cc1cccc(Cl)c1)C(=O)CCCN(c1cccc(C(F)(F)F)c1)S(C)(=O)=O. The minimum Gasteiger partial charge on any atom is -0.352 e. The van der Waals surface area contributed by atoms with Crippen molar-refractivity contribution in [3.05, 3.63) is 64.7 Å². The Morgan fingerprint density at radius 2 is 1.74 bits per heavy atom. The van der Waals surface area contributed by atoms with Gasteiger partial charge in [-0.2, -0.15) is 13.2 Å². The average Bonchev–Trinajstić information content (AvgIpc) is 2.83. The van der Waals surface area contributed by atoms with Gasteiger partial charge in [0.25, 0.3) is 0 Å². The minimum atomic E-state index is -4.64. The van der Waals surface area contributed by atoms with Crippen molar-refractivity contribution >= 4 is 39.1 Å². The first-order valence-corrected chi connectivity index (χ1v) is 14.3. The van der Waals surface area contributed by atoms with Gasteiger partial charge in [-0.25, -0.2) is 8.42 Å². The molecule has 0 aromatic heterocycles. The largest absolute Gasteiger partial charge is 0.416 e. The number of amides is 2. The summed E-state index contributed by atoms with van der Waals surface area (Å²) in [6.07, 6.45) is -3.15. The lowest BCUT2D eigenvalue weighted by molar-refractivity contribution is -0.140. The first kappa shape index (κ1) is 31.4. The van der Waals surface area contributed by atoms with E-state index >= 15 is 0 Å². The lowest BCUT2D eigenvalue weighted by atomic mass is 10.1. The fourth-order valence-corrected chi connectivity index (χ4v) is 4.89. The molecule has 0 radical (unpaired) electrons. The predicted molar refractivity (Wildman–Crippen MR) is 142 cm³/mol. The molecule has 0 aliphatic rings. The van der Waals surface area contributed by atoms with Gasteiger partial charge in [0, 0.05) is 30.6 Å². The zero-order chi connectivity index (χ0) is 28.7. The third kappa shape index (κ3) is 9.20. The molecule has 210 valence electrons. The van der Waals surface area contributed by atoms with Crippen molar-refractivity contribution in [1.82, 2.24) is 10.2 Å². The molecule has 2 amide bonds. The number of anilines is 1. The summed E-state index contributed by atoms with van der Waals surface area (Å²) in [5.41, 5.74) is -0.420. The Morgan fingerprint density at radius 1 is 1.08 bits per heavy atom. The van der Waals surface area contributed by atoms with Crippen molar-refractivity contribution in [3.63, 3.8) is 0 Å². The van der Waals surface area contributed by atoms with Gasteiger partial charge in [-0.15, -0.1) is 0 Å². The summed E-state index contributed by atoms with van der Waals surface area (Å²) in [6, 6.07) is 9.95. The van der Waals surface area contributed by atoms with Crippen LogP contribution in [0.5, 0.6) is 0 Å². The molecule has 2 aromatic carbocycles. The number of nitrogens with one attached hydrogen (secondary N) is 1. The predicted octanol–water partition coefficient (Wildman–Crippen LogP) is 5.24. The van der Waals surface area contributed by atoms with Gasteiger partial charge in [0.15, 0.2) is 0 Å². The molecule has 1 N–H and O–H groups in total. The molecule has 0 aliphatic carbocycles. The second kappa shape index (κ2) is 13.3. The fraction of sp³-hybridized carbons (Fsp3) is 0.462. The van der Waals surface area contributed by atoms with Crippen LogP contribution in [0.15, 0.2) is 48.5 Å². The smallest absolute Gasteiger partial charge is 0.352 e. The summed E-state index contributed by atoms with van der Waals surface area (Å²) in [5.74, 6) is -0.745. The van der Waals surface area contributed by atoms with E-state index in [1.54, 1.807) is 31.2 Å². The van der Waals surface area contributed by atoms with Gasteiger partial charge < -0.3 is 10.2 Å². The molecule has 0 fully saturated rings. The number of halogens is 4. The number of hydrogen-bond acceptors (Lipinski definition) is 4. The van der Waals surface area contributed by atoms with Crippen LogP contribution in [0.25, 0.3) is 0 Å². The Hall–Kier alpha value is -2.79. The number of nitrogens with zero attached hydrogens (tertiary/aromatic N) is 2. The fourth-order valence-electron chi connectivity index (χ4n) is 3.72. The second-order valence-corrected chi connectivity index (χ2v) is 11.5. The Bertz CT molecular complexity index is 1220. The monoisotopic (exact) mass is 575 g/mol. The molecule has 38 heavy (non-hydrogen) atoms. The highest BCUT2D eigenvalue weighted by Gasteiger charge is 2.32. The van der Waals surface area contributed by atoms with E-state index in [1.807, 2.05) is 13.8 Å². The summed E-state index contributed by atoms with van der Waals surface area (Å²) in [5, 5.41) is 3.33. The van der Waals surface area contributed by atoms with E-state index in [0.29, 0.717) is 17.0 Å². The number of sulfonamides is 1. The normalized spacial score (nSPS) is 13.5. The maximum atomic E-state index is 13.3. The molecule has 0 heterocycles. The van der Waals surface area contributed by atoms with Gasteiger partial charge in [-0.1, -0.05) is 36.7 Å². The van der Waals surface area contributed by atoms with Crippen LogP contribution in [-0.2, 0) is 32.3 Å². The van der Waals surface area contributed by atoms with Crippen LogP contribution in [0.1, 0.15) is 51.2 Å². The first-order valence-electron chi connectivity index (χ1n) is 12.1. The molecular formula is C26H33ClF3N3O4S. The highest BCUT2D eigenvalue weighted by atomic mass is 35.5. The standard InChI is InChI=1S/C26H33ClF3N3O4S/c1-5-18(2)31-25(35)19(3)32(17-20-9-6-11-22(27)15-20)24(34)13-8-14-33(38(4,36)37)23-12-7-10-21(16-23)26(28,29)30/h6-7,9-12,15-16,18-19H,5,8,13-14,17H2,1-4H3,(H,31,35)/t18-,19-/m1/s1. The molecule has 12 heteroatoms. The van der Waals surface area contributed by atoms with E-state index in [0.717, 1.165) is 28.8 Å². The van der Waals surface area contributed by atoms with Crippen molar-refractivity contribution in [2.24, 2.45) is 0 Å². The highest BCUT2D eigenvalue weighted by Crippen LogP contribution is 2.32. The second-order valence-electron chi connectivity index (χ2n) is 9.13. The molecule has 0 spiro atoms. The van der Waals surface area contributed by atoms with Crippen molar-refractivity contribution in [2.75, 3.05) is 17.1 Å². The summed E-state index contributed by atoms with van der Waals surface area (Å²) in [6.45, 7) is 5.25. The van der Waals surface area contributed by atoms with Gasteiger partial charge in [-0.05, 0) is 62.6 Å². The minimum absolute atomic E-state index is 0.0217. The van der Waals surface area contributed by atoms with Gasteiger partial charge >= 0.3 is 6.18 Å². The Morgan fingerprint density at radius 3 is 2.32 bits per heavy atom. The van der Waals surface area contributed by atoms with Crippen molar-refractivity contribution in [2.45, 2.75) is 64.8 Å². The van der Waals surface area contributed by atoms with Crippen LogP contribution >= 0.6 is 11.6 Å². The number of carbonyl (C=O) groups excluding carboxylic acids is 2. The molecule has 0 saturated carbocycles. The van der Waals surface area contributed by atoms with Crippen LogP contribution in [0, 0.1) is 0 Å². The van der Waals surface area contributed by atoms with E-state index in [1.165, 1.54) is 11.0 Å². The van der Waals surface area contributed by atoms with E-state index in [-0.39, 0.29) is 43.6 Å². The van der Waals surface area contributed by atoms with Gasteiger partial charge in [0.05, 0.1) is 17.5 Å². The molecule has 0 aliphatic heterocycles. The maximum absolute atomic E-state index is 13.3. The molecule has 2 rings (SSSR count). The maximum Gasteiger partial charge on any atom is 0.416 e. The number of benzene rings is 2. The van der Waals surface area contributed by atoms with Crippen LogP contribution in [-0.4, -0.2) is 50.0 Å². The van der Waals surface area contributed by atoms with E-state index in [2.05, 4.69) is 5.32 Å². The highest BCUT2D eigenvalue weighted by molar-refractivity contribution is 7.92. The number of carbonyl (C=O) groups is 2. The molecule has 0 bridgehead atoms. The van der Waals surface area contributed by atoms with Crippen molar-refractivity contribution < 1.29 is 31.2 Å². The van der Waals surface area contributed by atoms with Crippen LogP contribution < -0.4 is 9.62 Å². The number of hydrogen-bond donors (Lipinski definition) is 1. The van der Waals surface area contributed by atoms with Crippen LogP contribution in [0.4, 0.5) is 18.9 Å². The molecule has 0 saturated heterocycles. The average molecular weight is 576 g/mol. The third-order valence-electron chi connectivity index (χ3n) is 6.02. The topological polar surface area (TPSA) is 86.8 Å². The van der Waals surface area contributed by atoms with Crippen molar-refractivity contribution in [3.8, 4) is 0 Å². The first-order chi connectivity index (χ1) is 17.6. The Labute approximate surface area is 227 Å². The number of alkyl halides is 3. The molecule has 0 unspecified atom stereocenters. The lowest BCUT2D eigenvalue weighted by Gasteiger charge is -2.30. The lowest BCUT2D eigenvalue weighted by Crippen LogP contribution is -2.49. The zero-order valence-corrected chi connectivity index (χ0v) is 23.3. The van der Waals surface area contributed by atoms with E-state index < -0.39 is 33.7 Å². The summed E-state index contributed by atoms with van der Waals surface area (Å²) >= 11 is 6.08. The summed E-state index contributed by atoms with van der Waals surface area (Å²) in [4.78, 5) is 27.5. The van der Waals surface area contributed by atoms with Gasteiger partial charge in [0.2, 0.25) is 21.8 Å². The van der Waals surface area contributed by atoms with Crippen LogP contribution in [0.3, 0.4) is 0 Å². The molecule has 7 nitrogen and oxygen atoms in total. The van der Waals surface area contributed by atoms with Gasteiger partial charge in [0.1, 0.15) is 6.04 Å². The van der Waals surface area contributed by atoms with E-state index in [4.69, 9.17) is 11.6 Å². The summed E-state index contributed by atoms with van der Waals surface area (Å²) in [7, 11) is -3.94. The summed E-state index contributed by atoms with van der Waals surface area (Å²) < 4.78 is 65.1. The molecule has 2 aromatic rings. The zero-order valence-electron chi connectivity index (χ0n) is 21.8.